The molecule has 0 amide bonds. The Morgan fingerprint density at radius 1 is 1.27 bits per heavy atom. The molecule has 0 saturated carbocycles. The first-order valence-electron chi connectivity index (χ1n) is 10.1. The third-order valence-electron chi connectivity index (χ3n) is 5.49. The number of rotatable bonds is 5. The zero-order chi connectivity index (χ0) is 23.8. The second-order valence-electron chi connectivity index (χ2n) is 7.95. The minimum atomic E-state index is -4.36. The molecule has 3 N–H and O–H groups in total. The van der Waals surface area contributed by atoms with Crippen LogP contribution in [0.15, 0.2) is 42.0 Å². The lowest BCUT2D eigenvalue weighted by atomic mass is 9.93. The molecule has 1 aromatic carbocycles. The van der Waals surface area contributed by atoms with E-state index in [4.69, 9.17) is 5.73 Å². The van der Waals surface area contributed by atoms with Crippen molar-refractivity contribution in [1.82, 2.24) is 9.97 Å². The lowest BCUT2D eigenvalue weighted by Gasteiger charge is -2.39. The first-order chi connectivity index (χ1) is 15.6. The molecular formula is C22H20F4N4O2S. The Bertz CT molecular complexity index is 1170. The predicted molar refractivity (Wildman–Crippen MR) is 116 cm³/mol. The van der Waals surface area contributed by atoms with Crippen LogP contribution in [0.25, 0.3) is 10.6 Å². The van der Waals surface area contributed by atoms with E-state index in [1.807, 2.05) is 0 Å². The number of aromatic hydroxyl groups is 1. The summed E-state index contributed by atoms with van der Waals surface area (Å²) < 4.78 is 54.1. The number of carbonyl (C=O) groups excluding carboxylic acids is 1. The SMILES string of the molecule is N[C@H]1C[C@@H](C(F)(F)F)CN(c2ccncc2CC(=O)c2csc(-c3cc(O)ccc3F)n2)C1. The first-order valence-corrected chi connectivity index (χ1v) is 11.0. The second kappa shape index (κ2) is 9.06. The normalized spacial score (nSPS) is 19.0. The number of halogens is 4. The van der Waals surface area contributed by atoms with Gasteiger partial charge in [0, 0.05) is 60.1 Å². The molecule has 1 saturated heterocycles. The molecule has 2 aromatic heterocycles. The van der Waals surface area contributed by atoms with Gasteiger partial charge >= 0.3 is 6.18 Å². The van der Waals surface area contributed by atoms with E-state index in [-0.39, 0.29) is 53.7 Å². The lowest BCUT2D eigenvalue weighted by Crippen LogP contribution is -2.51. The van der Waals surface area contributed by atoms with Crippen molar-refractivity contribution in [2.45, 2.75) is 25.1 Å². The van der Waals surface area contributed by atoms with Gasteiger partial charge in [-0.3, -0.25) is 9.78 Å². The standard InChI is InChI=1S/C22H20F4N4O2S/c23-17-2-1-15(31)7-16(17)21-29-18(11-33-21)20(32)5-12-8-28-4-3-19(12)30-9-13(22(24,25)26)6-14(27)10-30/h1-4,7-8,11,13-14,31H,5-6,9-10,27H2/t13-,14+/m1/s1. The van der Waals surface area contributed by atoms with Gasteiger partial charge in [0.15, 0.2) is 5.78 Å². The second-order valence-corrected chi connectivity index (χ2v) is 8.80. The number of phenols is 1. The molecule has 1 fully saturated rings. The maximum absolute atomic E-state index is 14.1. The Balaban J connectivity index is 1.56. The average Bonchev–Trinajstić information content (AvgIpc) is 3.25. The number of hydrogen-bond donors (Lipinski definition) is 2. The molecule has 6 nitrogen and oxygen atoms in total. The monoisotopic (exact) mass is 480 g/mol. The summed E-state index contributed by atoms with van der Waals surface area (Å²) in [5, 5.41) is 11.3. The third-order valence-corrected chi connectivity index (χ3v) is 6.36. The number of ketones is 1. The average molecular weight is 480 g/mol. The van der Waals surface area contributed by atoms with Gasteiger partial charge in [0.1, 0.15) is 22.3 Å². The van der Waals surface area contributed by atoms with Crippen molar-refractivity contribution in [2.75, 3.05) is 18.0 Å². The molecule has 0 unspecified atom stereocenters. The molecule has 0 bridgehead atoms. The number of alkyl halides is 3. The van der Waals surface area contributed by atoms with Gasteiger partial charge in [-0.15, -0.1) is 11.3 Å². The molecule has 0 spiro atoms. The van der Waals surface area contributed by atoms with E-state index in [2.05, 4.69) is 9.97 Å². The summed E-state index contributed by atoms with van der Waals surface area (Å²) in [4.78, 5) is 22.6. The number of hydrogen-bond acceptors (Lipinski definition) is 7. The van der Waals surface area contributed by atoms with Crippen molar-refractivity contribution in [1.29, 1.82) is 0 Å². The van der Waals surface area contributed by atoms with Crippen LogP contribution in [0.5, 0.6) is 5.75 Å². The third kappa shape index (κ3) is 5.14. The van der Waals surface area contributed by atoms with Crippen molar-refractivity contribution < 1.29 is 27.5 Å². The van der Waals surface area contributed by atoms with Crippen LogP contribution in [-0.4, -0.2) is 46.2 Å². The van der Waals surface area contributed by atoms with Gasteiger partial charge in [0.25, 0.3) is 0 Å². The molecular weight excluding hydrogens is 460 g/mol. The summed E-state index contributed by atoms with van der Waals surface area (Å²) in [7, 11) is 0. The molecule has 0 aliphatic carbocycles. The Morgan fingerprint density at radius 3 is 2.82 bits per heavy atom. The number of carbonyl (C=O) groups is 1. The highest BCUT2D eigenvalue weighted by atomic mass is 32.1. The summed E-state index contributed by atoms with van der Waals surface area (Å²) in [6, 6.07) is 4.45. The van der Waals surface area contributed by atoms with Crippen molar-refractivity contribution in [3.8, 4) is 16.3 Å². The highest BCUT2D eigenvalue weighted by Crippen LogP contribution is 2.36. The molecule has 3 aromatic rings. The van der Waals surface area contributed by atoms with Crippen LogP contribution in [0.2, 0.25) is 0 Å². The molecule has 174 valence electrons. The molecule has 1 aliphatic heterocycles. The van der Waals surface area contributed by atoms with Gasteiger partial charge in [-0.1, -0.05) is 0 Å². The van der Waals surface area contributed by atoms with Crippen LogP contribution in [0.3, 0.4) is 0 Å². The molecule has 2 atom stereocenters. The largest absolute Gasteiger partial charge is 0.508 e. The van der Waals surface area contributed by atoms with Crippen LogP contribution < -0.4 is 10.6 Å². The van der Waals surface area contributed by atoms with Crippen molar-refractivity contribution in [3.63, 3.8) is 0 Å². The number of nitrogens with zero attached hydrogens (tertiary/aromatic N) is 3. The summed E-state index contributed by atoms with van der Waals surface area (Å²) in [6.45, 7) is -0.0184. The highest BCUT2D eigenvalue weighted by Gasteiger charge is 2.44. The fraction of sp³-hybridized carbons (Fsp3) is 0.318. The predicted octanol–water partition coefficient (Wildman–Crippen LogP) is 4.19. The molecule has 33 heavy (non-hydrogen) atoms. The first kappa shape index (κ1) is 23.1. The van der Waals surface area contributed by atoms with E-state index >= 15 is 0 Å². The summed E-state index contributed by atoms with van der Waals surface area (Å²) in [5.74, 6) is -2.67. The van der Waals surface area contributed by atoms with Crippen LogP contribution in [0.1, 0.15) is 22.5 Å². The summed E-state index contributed by atoms with van der Waals surface area (Å²) in [6.07, 6.45) is -1.75. The maximum atomic E-state index is 14.1. The quantitative estimate of drug-likeness (QED) is 0.420. The Morgan fingerprint density at radius 2 is 2.06 bits per heavy atom. The fourth-order valence-corrected chi connectivity index (χ4v) is 4.74. The van der Waals surface area contributed by atoms with E-state index < -0.39 is 24.0 Å². The number of phenolic OH excluding ortho intramolecular Hbond substituents is 1. The van der Waals surface area contributed by atoms with Gasteiger partial charge in [-0.2, -0.15) is 13.2 Å². The number of benzene rings is 1. The highest BCUT2D eigenvalue weighted by molar-refractivity contribution is 7.13. The number of piperidine rings is 1. The van der Waals surface area contributed by atoms with E-state index in [1.165, 1.54) is 29.9 Å². The smallest absolute Gasteiger partial charge is 0.393 e. The number of Topliss-reactive ketones (excluding diaryl/α,β-unsaturated/α-hetero) is 1. The zero-order valence-corrected chi connectivity index (χ0v) is 18.0. The number of aromatic nitrogens is 2. The van der Waals surface area contributed by atoms with E-state index in [9.17, 15) is 27.5 Å². The Kier molecular flexibility index (Phi) is 6.35. The molecule has 1 aliphatic rings. The summed E-state index contributed by atoms with van der Waals surface area (Å²) >= 11 is 1.05. The van der Waals surface area contributed by atoms with E-state index in [0.29, 0.717) is 11.3 Å². The van der Waals surface area contributed by atoms with E-state index in [1.54, 1.807) is 11.0 Å². The van der Waals surface area contributed by atoms with Gasteiger partial charge < -0.3 is 15.7 Å². The number of anilines is 1. The van der Waals surface area contributed by atoms with Crippen LogP contribution in [0, 0.1) is 11.7 Å². The minimum absolute atomic E-state index is 0.0709. The minimum Gasteiger partial charge on any atom is -0.508 e. The topological polar surface area (TPSA) is 92.3 Å². The lowest BCUT2D eigenvalue weighted by molar-refractivity contribution is -0.177. The van der Waals surface area contributed by atoms with Gasteiger partial charge in [0.05, 0.1) is 5.92 Å². The van der Waals surface area contributed by atoms with Gasteiger partial charge in [0.2, 0.25) is 0 Å². The molecule has 4 rings (SSSR count). The maximum Gasteiger partial charge on any atom is 0.393 e. The van der Waals surface area contributed by atoms with Crippen LogP contribution in [-0.2, 0) is 6.42 Å². The van der Waals surface area contributed by atoms with Crippen LogP contribution in [0.4, 0.5) is 23.2 Å². The summed E-state index contributed by atoms with van der Waals surface area (Å²) in [5.41, 5.74) is 6.98. The zero-order valence-electron chi connectivity index (χ0n) is 17.2. The molecule has 3 heterocycles. The fourth-order valence-electron chi connectivity index (χ4n) is 3.90. The van der Waals surface area contributed by atoms with Crippen LogP contribution >= 0.6 is 11.3 Å². The van der Waals surface area contributed by atoms with Crippen molar-refractivity contribution in [3.05, 3.63) is 59.1 Å². The van der Waals surface area contributed by atoms with E-state index in [0.717, 1.165) is 17.4 Å². The van der Waals surface area contributed by atoms with Crippen molar-refractivity contribution in [2.24, 2.45) is 11.7 Å². The Labute approximate surface area is 190 Å². The Hall–Kier alpha value is -3.05. The van der Waals surface area contributed by atoms with Crippen molar-refractivity contribution >= 4 is 22.8 Å². The number of nitrogens with two attached hydrogens (primary N) is 1. The number of pyridine rings is 1. The molecule has 11 heteroatoms. The van der Waals surface area contributed by atoms with Gasteiger partial charge in [-0.05, 0) is 30.7 Å². The number of thiazole rings is 1. The van der Waals surface area contributed by atoms with Gasteiger partial charge in [-0.25, -0.2) is 9.37 Å². The molecule has 0 radical (unpaired) electrons.